The average molecular weight is 395 g/mol. The Morgan fingerprint density at radius 2 is 1.74 bits per heavy atom. The molecule has 0 bridgehead atoms. The number of rotatable bonds is 7. The standard InChI is InChI=1S/C19H23ClN2O5/c1-9-16(19(24)27-6)10(2)22-17(9)18(23)11(3)21-13-7-12(20)14(25-4)8-15(13)26-5/h7-8,11,21-22H,1-6H3. The Kier molecular flexibility index (Phi) is 6.38. The Bertz CT molecular complexity index is 875. The van der Waals surface area contributed by atoms with E-state index in [2.05, 4.69) is 10.3 Å². The maximum atomic E-state index is 12.9. The zero-order valence-electron chi connectivity index (χ0n) is 16.2. The second kappa shape index (κ2) is 8.35. The number of esters is 1. The van der Waals surface area contributed by atoms with Gasteiger partial charge in [-0.05, 0) is 32.4 Å². The van der Waals surface area contributed by atoms with Gasteiger partial charge >= 0.3 is 5.97 Å². The van der Waals surface area contributed by atoms with E-state index in [1.807, 2.05) is 0 Å². The molecule has 27 heavy (non-hydrogen) atoms. The second-order valence-electron chi connectivity index (χ2n) is 6.03. The quantitative estimate of drug-likeness (QED) is 0.548. The Morgan fingerprint density at radius 1 is 1.11 bits per heavy atom. The van der Waals surface area contributed by atoms with Gasteiger partial charge in [0, 0.05) is 11.8 Å². The summed E-state index contributed by atoms with van der Waals surface area (Å²) < 4.78 is 15.3. The van der Waals surface area contributed by atoms with Gasteiger partial charge in [0.1, 0.15) is 11.5 Å². The lowest BCUT2D eigenvalue weighted by molar-refractivity contribution is 0.0599. The Balaban J connectivity index is 2.32. The lowest BCUT2D eigenvalue weighted by Gasteiger charge is -2.18. The van der Waals surface area contributed by atoms with E-state index in [0.717, 1.165) is 0 Å². The number of nitrogens with one attached hydrogen (secondary N) is 2. The maximum absolute atomic E-state index is 12.9. The predicted octanol–water partition coefficient (Wildman–Crippen LogP) is 3.77. The van der Waals surface area contributed by atoms with Crippen LogP contribution in [-0.4, -0.2) is 44.1 Å². The number of benzene rings is 1. The van der Waals surface area contributed by atoms with E-state index in [9.17, 15) is 9.59 Å². The van der Waals surface area contributed by atoms with Gasteiger partial charge in [0.2, 0.25) is 5.78 Å². The van der Waals surface area contributed by atoms with Crippen LogP contribution in [0.1, 0.15) is 39.0 Å². The van der Waals surface area contributed by atoms with E-state index in [-0.39, 0.29) is 5.78 Å². The van der Waals surface area contributed by atoms with Crippen molar-refractivity contribution in [2.24, 2.45) is 0 Å². The van der Waals surface area contributed by atoms with E-state index in [1.165, 1.54) is 21.3 Å². The summed E-state index contributed by atoms with van der Waals surface area (Å²) in [5.74, 6) is 0.270. The van der Waals surface area contributed by atoms with Gasteiger partial charge in [-0.3, -0.25) is 4.79 Å². The molecule has 0 aliphatic rings. The van der Waals surface area contributed by atoms with Crippen molar-refractivity contribution >= 4 is 29.0 Å². The molecule has 1 unspecified atom stereocenters. The molecule has 8 heteroatoms. The van der Waals surface area contributed by atoms with E-state index >= 15 is 0 Å². The van der Waals surface area contributed by atoms with E-state index < -0.39 is 12.0 Å². The van der Waals surface area contributed by atoms with Gasteiger partial charge in [-0.15, -0.1) is 0 Å². The fourth-order valence-electron chi connectivity index (χ4n) is 2.89. The first kappa shape index (κ1) is 20.6. The molecule has 7 nitrogen and oxygen atoms in total. The van der Waals surface area contributed by atoms with Crippen molar-refractivity contribution in [1.29, 1.82) is 0 Å². The summed E-state index contributed by atoms with van der Waals surface area (Å²) in [6.45, 7) is 5.15. The summed E-state index contributed by atoms with van der Waals surface area (Å²) in [6, 6.07) is 2.67. The fourth-order valence-corrected chi connectivity index (χ4v) is 3.13. The molecule has 0 spiro atoms. The monoisotopic (exact) mass is 394 g/mol. The highest BCUT2D eigenvalue weighted by molar-refractivity contribution is 6.32. The molecule has 2 aromatic rings. The van der Waals surface area contributed by atoms with Gasteiger partial charge < -0.3 is 24.5 Å². The van der Waals surface area contributed by atoms with Gasteiger partial charge in [0.25, 0.3) is 0 Å². The number of hydrogen-bond acceptors (Lipinski definition) is 6. The third kappa shape index (κ3) is 4.03. The van der Waals surface area contributed by atoms with Crippen LogP contribution < -0.4 is 14.8 Å². The number of methoxy groups -OCH3 is 3. The first-order valence-electron chi connectivity index (χ1n) is 8.24. The molecule has 0 saturated carbocycles. The number of ether oxygens (including phenoxy) is 3. The number of aromatic nitrogens is 1. The number of carbonyl (C=O) groups excluding carboxylic acids is 2. The van der Waals surface area contributed by atoms with Crippen molar-refractivity contribution in [3.8, 4) is 11.5 Å². The SMILES string of the molecule is COC(=O)c1c(C)[nH]c(C(=O)C(C)Nc2cc(Cl)c(OC)cc2OC)c1C. The number of ketones is 1. The molecule has 1 aromatic carbocycles. The smallest absolute Gasteiger partial charge is 0.339 e. The lowest BCUT2D eigenvalue weighted by atomic mass is 10.0. The maximum Gasteiger partial charge on any atom is 0.339 e. The third-order valence-electron chi connectivity index (χ3n) is 4.31. The zero-order valence-corrected chi connectivity index (χ0v) is 16.9. The van der Waals surface area contributed by atoms with Gasteiger partial charge in [-0.1, -0.05) is 11.6 Å². The van der Waals surface area contributed by atoms with Crippen molar-refractivity contribution in [2.75, 3.05) is 26.6 Å². The van der Waals surface area contributed by atoms with Crippen molar-refractivity contribution in [3.63, 3.8) is 0 Å². The van der Waals surface area contributed by atoms with E-state index in [4.69, 9.17) is 25.8 Å². The molecule has 1 heterocycles. The van der Waals surface area contributed by atoms with Crippen molar-refractivity contribution in [3.05, 3.63) is 39.7 Å². The normalized spacial score (nSPS) is 11.7. The first-order chi connectivity index (χ1) is 12.7. The van der Waals surface area contributed by atoms with Gasteiger partial charge in [-0.25, -0.2) is 4.79 Å². The molecule has 146 valence electrons. The molecule has 2 N–H and O–H groups in total. The van der Waals surface area contributed by atoms with Crippen LogP contribution in [0.2, 0.25) is 5.02 Å². The van der Waals surface area contributed by atoms with Crippen LogP contribution in [0.3, 0.4) is 0 Å². The number of hydrogen-bond donors (Lipinski definition) is 2. The molecule has 0 fully saturated rings. The molecule has 2 rings (SSSR count). The summed E-state index contributed by atoms with van der Waals surface area (Å²) >= 11 is 6.18. The molecule has 1 aromatic heterocycles. The van der Waals surface area contributed by atoms with Crippen molar-refractivity contribution in [1.82, 2.24) is 4.98 Å². The average Bonchev–Trinajstić information content (AvgIpc) is 2.94. The number of H-pyrrole nitrogens is 1. The van der Waals surface area contributed by atoms with Crippen LogP contribution in [0.25, 0.3) is 0 Å². The van der Waals surface area contributed by atoms with Crippen molar-refractivity contribution < 1.29 is 23.8 Å². The number of carbonyl (C=O) groups is 2. The molecular formula is C19H23ClN2O5. The summed E-state index contributed by atoms with van der Waals surface area (Å²) in [7, 11) is 4.33. The number of aryl methyl sites for hydroxylation is 1. The van der Waals surface area contributed by atoms with Crippen LogP contribution in [0.4, 0.5) is 5.69 Å². The minimum absolute atomic E-state index is 0.209. The largest absolute Gasteiger partial charge is 0.495 e. The van der Waals surface area contributed by atoms with E-state index in [1.54, 1.807) is 32.9 Å². The summed E-state index contributed by atoms with van der Waals surface area (Å²) in [4.78, 5) is 27.8. The number of halogens is 1. The number of anilines is 1. The van der Waals surface area contributed by atoms with Crippen LogP contribution >= 0.6 is 11.6 Å². The highest BCUT2D eigenvalue weighted by Gasteiger charge is 2.26. The highest BCUT2D eigenvalue weighted by Crippen LogP contribution is 2.36. The van der Waals surface area contributed by atoms with Crippen LogP contribution in [-0.2, 0) is 4.74 Å². The third-order valence-corrected chi connectivity index (χ3v) is 4.61. The Morgan fingerprint density at radius 3 is 2.30 bits per heavy atom. The first-order valence-corrected chi connectivity index (χ1v) is 8.62. The minimum atomic E-state index is -0.606. The van der Waals surface area contributed by atoms with Gasteiger partial charge in [-0.2, -0.15) is 0 Å². The number of aromatic amines is 1. The number of Topliss-reactive ketones (excluding diaryl/α,β-unsaturated/α-hetero) is 1. The topological polar surface area (TPSA) is 89.7 Å². The van der Waals surface area contributed by atoms with E-state index in [0.29, 0.717) is 44.7 Å². The summed E-state index contributed by atoms with van der Waals surface area (Å²) in [6.07, 6.45) is 0. The fraction of sp³-hybridized carbons (Fsp3) is 0.368. The predicted molar refractivity (Wildman–Crippen MR) is 104 cm³/mol. The molecule has 0 radical (unpaired) electrons. The highest BCUT2D eigenvalue weighted by atomic mass is 35.5. The second-order valence-corrected chi connectivity index (χ2v) is 6.44. The zero-order chi connectivity index (χ0) is 20.3. The van der Waals surface area contributed by atoms with Crippen LogP contribution in [0.15, 0.2) is 12.1 Å². The van der Waals surface area contributed by atoms with Crippen LogP contribution in [0.5, 0.6) is 11.5 Å². The summed E-state index contributed by atoms with van der Waals surface area (Å²) in [5.41, 5.74) is 2.42. The van der Waals surface area contributed by atoms with Crippen LogP contribution in [0, 0.1) is 13.8 Å². The Hall–Kier alpha value is -2.67. The van der Waals surface area contributed by atoms with Gasteiger partial charge in [0.15, 0.2) is 0 Å². The molecule has 0 saturated heterocycles. The molecule has 0 aliphatic heterocycles. The van der Waals surface area contributed by atoms with Gasteiger partial charge in [0.05, 0.1) is 49.3 Å². The molecule has 0 amide bonds. The summed E-state index contributed by atoms with van der Waals surface area (Å²) in [5, 5.41) is 3.49. The van der Waals surface area contributed by atoms with Crippen molar-refractivity contribution in [2.45, 2.75) is 26.8 Å². The molecule has 1 atom stereocenters. The lowest BCUT2D eigenvalue weighted by Crippen LogP contribution is -2.27. The molecular weight excluding hydrogens is 372 g/mol. The minimum Gasteiger partial charge on any atom is -0.495 e. The molecule has 0 aliphatic carbocycles. The Labute approximate surface area is 162 Å².